The SMILES string of the molecule is COC[C@@H](c1ccc([C@@H]2C[C@H]2c2nc(C)nc3sccc23)c(Cl)c1)N1CCNCC1. The van der Waals surface area contributed by atoms with Crippen LogP contribution in [0.2, 0.25) is 5.02 Å². The summed E-state index contributed by atoms with van der Waals surface area (Å²) in [4.78, 5) is 12.9. The van der Waals surface area contributed by atoms with Gasteiger partial charge in [0, 0.05) is 49.6 Å². The fourth-order valence-electron chi connectivity index (χ4n) is 4.73. The van der Waals surface area contributed by atoms with E-state index >= 15 is 0 Å². The minimum Gasteiger partial charge on any atom is -0.383 e. The fourth-order valence-corrected chi connectivity index (χ4v) is 5.87. The Balaban J connectivity index is 1.39. The predicted octanol–water partition coefficient (Wildman–Crippen LogP) is 4.52. The molecule has 3 atom stereocenters. The Labute approximate surface area is 186 Å². The van der Waals surface area contributed by atoms with Crippen LogP contribution < -0.4 is 5.32 Å². The monoisotopic (exact) mass is 442 g/mol. The molecule has 0 unspecified atom stereocenters. The maximum Gasteiger partial charge on any atom is 0.127 e. The molecule has 2 fully saturated rings. The Hall–Kier alpha value is -1.57. The number of nitrogens with zero attached hydrogens (tertiary/aromatic N) is 3. The Morgan fingerprint density at radius 1 is 1.23 bits per heavy atom. The number of nitrogens with one attached hydrogen (secondary N) is 1. The van der Waals surface area contributed by atoms with E-state index in [2.05, 4.69) is 44.8 Å². The van der Waals surface area contributed by atoms with E-state index in [4.69, 9.17) is 21.3 Å². The van der Waals surface area contributed by atoms with Crippen molar-refractivity contribution >= 4 is 33.2 Å². The van der Waals surface area contributed by atoms with E-state index in [1.165, 1.54) is 22.2 Å². The second kappa shape index (κ2) is 8.52. The number of benzene rings is 1. The summed E-state index contributed by atoms with van der Waals surface area (Å²) in [6, 6.07) is 9.02. The molecule has 1 aromatic carbocycles. The van der Waals surface area contributed by atoms with Gasteiger partial charge in [-0.3, -0.25) is 4.90 Å². The Bertz CT molecular complexity index is 1050. The van der Waals surface area contributed by atoms with Crippen molar-refractivity contribution in [2.45, 2.75) is 31.2 Å². The first-order valence-corrected chi connectivity index (χ1v) is 11.9. The van der Waals surface area contributed by atoms with Gasteiger partial charge >= 0.3 is 0 Å². The lowest BCUT2D eigenvalue weighted by atomic mass is 10.00. The number of hydrogen-bond acceptors (Lipinski definition) is 6. The molecule has 0 bridgehead atoms. The van der Waals surface area contributed by atoms with Crippen LogP contribution in [0.15, 0.2) is 29.6 Å². The number of fused-ring (bicyclic) bond motifs is 1. The third-order valence-corrected chi connectivity index (χ3v) is 7.47. The van der Waals surface area contributed by atoms with E-state index < -0.39 is 0 Å². The first kappa shape index (κ1) is 20.3. The van der Waals surface area contributed by atoms with Crippen LogP contribution in [0.3, 0.4) is 0 Å². The molecule has 5 rings (SSSR count). The van der Waals surface area contributed by atoms with Crippen LogP contribution in [0.4, 0.5) is 0 Å². The molecule has 3 heterocycles. The van der Waals surface area contributed by atoms with Gasteiger partial charge < -0.3 is 10.1 Å². The zero-order chi connectivity index (χ0) is 20.7. The minimum absolute atomic E-state index is 0.244. The number of ether oxygens (including phenoxy) is 1. The summed E-state index contributed by atoms with van der Waals surface area (Å²) in [5.41, 5.74) is 3.66. The standard InChI is InChI=1S/C23H27ClN4OS/c1-14-26-22(17-5-10-30-23(17)27-14)19-12-18(19)16-4-3-15(11-20(16)24)21(13-29-2)28-8-6-25-7-9-28/h3-5,10-11,18-19,21,25H,6-9,12-13H2,1-2H3/t18-,19+,21-/m0/s1. The van der Waals surface area contributed by atoms with Crippen LogP contribution >= 0.6 is 22.9 Å². The third kappa shape index (κ3) is 3.87. The van der Waals surface area contributed by atoms with Gasteiger partial charge in [-0.1, -0.05) is 23.7 Å². The van der Waals surface area contributed by atoms with Crippen molar-refractivity contribution in [3.8, 4) is 0 Å². The number of thiophene rings is 1. The lowest BCUT2D eigenvalue weighted by molar-refractivity contribution is 0.0813. The van der Waals surface area contributed by atoms with E-state index in [0.717, 1.165) is 48.3 Å². The van der Waals surface area contributed by atoms with Crippen LogP contribution in [0.1, 0.15) is 46.9 Å². The molecule has 158 valence electrons. The van der Waals surface area contributed by atoms with Gasteiger partial charge in [-0.2, -0.15) is 0 Å². The molecule has 3 aromatic rings. The van der Waals surface area contributed by atoms with Gasteiger partial charge in [-0.25, -0.2) is 9.97 Å². The number of hydrogen-bond donors (Lipinski definition) is 1. The van der Waals surface area contributed by atoms with Gasteiger partial charge in [0.15, 0.2) is 0 Å². The van der Waals surface area contributed by atoms with Gasteiger partial charge in [-0.15, -0.1) is 11.3 Å². The number of aromatic nitrogens is 2. The Morgan fingerprint density at radius 2 is 2.07 bits per heavy atom. The first-order valence-electron chi connectivity index (χ1n) is 10.6. The molecule has 5 nitrogen and oxygen atoms in total. The molecule has 1 N–H and O–H groups in total. The smallest absolute Gasteiger partial charge is 0.127 e. The number of piperazine rings is 1. The van der Waals surface area contributed by atoms with Crippen LogP contribution in [0, 0.1) is 6.92 Å². The summed E-state index contributed by atoms with van der Waals surface area (Å²) in [6.07, 6.45) is 1.10. The van der Waals surface area contributed by atoms with Crippen molar-refractivity contribution < 1.29 is 4.74 Å². The molecule has 2 aromatic heterocycles. The zero-order valence-corrected chi connectivity index (χ0v) is 19.0. The molecule has 1 saturated carbocycles. The van der Waals surface area contributed by atoms with Gasteiger partial charge in [0.05, 0.1) is 18.3 Å². The second-order valence-electron chi connectivity index (χ2n) is 8.28. The summed E-state index contributed by atoms with van der Waals surface area (Å²) in [7, 11) is 1.77. The lowest BCUT2D eigenvalue weighted by Crippen LogP contribution is -2.46. The van der Waals surface area contributed by atoms with Crippen molar-refractivity contribution in [2.75, 3.05) is 39.9 Å². The van der Waals surface area contributed by atoms with Crippen molar-refractivity contribution in [1.29, 1.82) is 0 Å². The normalized spacial score (nSPS) is 23.0. The van der Waals surface area contributed by atoms with Crippen LogP contribution in [-0.4, -0.2) is 54.8 Å². The Morgan fingerprint density at radius 3 is 2.83 bits per heavy atom. The summed E-state index contributed by atoms with van der Waals surface area (Å²) in [6.45, 7) is 6.76. The van der Waals surface area contributed by atoms with E-state index in [0.29, 0.717) is 18.4 Å². The zero-order valence-electron chi connectivity index (χ0n) is 17.4. The molecule has 1 saturated heterocycles. The predicted molar refractivity (Wildman–Crippen MR) is 123 cm³/mol. The van der Waals surface area contributed by atoms with Gasteiger partial charge in [-0.05, 0) is 47.9 Å². The van der Waals surface area contributed by atoms with Crippen molar-refractivity contribution in [2.24, 2.45) is 0 Å². The summed E-state index contributed by atoms with van der Waals surface area (Å²) >= 11 is 8.51. The molecule has 30 heavy (non-hydrogen) atoms. The highest BCUT2D eigenvalue weighted by molar-refractivity contribution is 7.16. The second-order valence-corrected chi connectivity index (χ2v) is 9.58. The summed E-state index contributed by atoms with van der Waals surface area (Å²) in [5.74, 6) is 1.71. The first-order chi connectivity index (χ1) is 14.7. The highest BCUT2D eigenvalue weighted by Crippen LogP contribution is 2.57. The highest BCUT2D eigenvalue weighted by Gasteiger charge is 2.43. The van der Waals surface area contributed by atoms with Gasteiger partial charge in [0.2, 0.25) is 0 Å². The van der Waals surface area contributed by atoms with Crippen LogP contribution in [0.25, 0.3) is 10.2 Å². The average Bonchev–Trinajstić information content (AvgIpc) is 3.40. The topological polar surface area (TPSA) is 50.3 Å². The minimum atomic E-state index is 0.244. The maximum absolute atomic E-state index is 6.83. The number of aryl methyl sites for hydroxylation is 1. The largest absolute Gasteiger partial charge is 0.383 e. The van der Waals surface area contributed by atoms with Crippen LogP contribution in [-0.2, 0) is 4.74 Å². The van der Waals surface area contributed by atoms with Gasteiger partial charge in [0.1, 0.15) is 10.7 Å². The summed E-state index contributed by atoms with van der Waals surface area (Å²) in [5, 5.41) is 7.59. The third-order valence-electron chi connectivity index (χ3n) is 6.33. The molecule has 1 aliphatic carbocycles. The fraction of sp³-hybridized carbons (Fsp3) is 0.478. The van der Waals surface area contributed by atoms with Crippen molar-refractivity contribution in [1.82, 2.24) is 20.2 Å². The molecule has 1 aliphatic heterocycles. The van der Waals surface area contributed by atoms with Crippen molar-refractivity contribution in [3.05, 3.63) is 57.3 Å². The molecular weight excluding hydrogens is 416 g/mol. The Kier molecular flexibility index (Phi) is 5.77. The average molecular weight is 443 g/mol. The molecule has 0 radical (unpaired) electrons. The highest BCUT2D eigenvalue weighted by atomic mass is 35.5. The van der Waals surface area contributed by atoms with E-state index in [-0.39, 0.29) is 6.04 Å². The molecule has 2 aliphatic rings. The number of rotatable bonds is 6. The van der Waals surface area contributed by atoms with Crippen molar-refractivity contribution in [3.63, 3.8) is 0 Å². The van der Waals surface area contributed by atoms with E-state index in [1.807, 2.05) is 6.92 Å². The molecule has 7 heteroatoms. The molecular formula is C23H27ClN4OS. The molecule has 0 spiro atoms. The maximum atomic E-state index is 6.83. The van der Waals surface area contributed by atoms with Gasteiger partial charge in [0.25, 0.3) is 0 Å². The lowest BCUT2D eigenvalue weighted by Gasteiger charge is -2.35. The van der Waals surface area contributed by atoms with E-state index in [1.54, 1.807) is 18.4 Å². The summed E-state index contributed by atoms with van der Waals surface area (Å²) < 4.78 is 5.54. The van der Waals surface area contributed by atoms with Crippen LogP contribution in [0.5, 0.6) is 0 Å². The number of methoxy groups -OCH3 is 1. The quantitative estimate of drug-likeness (QED) is 0.608. The van der Waals surface area contributed by atoms with E-state index in [9.17, 15) is 0 Å². The molecule has 0 amide bonds. The number of halogens is 1.